The molecule has 1 saturated heterocycles. The van der Waals surface area contributed by atoms with Crippen molar-refractivity contribution in [3.05, 3.63) is 57.9 Å². The highest BCUT2D eigenvalue weighted by molar-refractivity contribution is 5.65. The third-order valence-corrected chi connectivity index (χ3v) is 5.87. The summed E-state index contributed by atoms with van der Waals surface area (Å²) in [6.07, 6.45) is 3.69. The fourth-order valence-corrected chi connectivity index (χ4v) is 4.17. The number of alkyl halides is 1. The number of rotatable bonds is 8. The number of carbonyl (C=O) groups is 1. The van der Waals surface area contributed by atoms with Crippen LogP contribution < -0.4 is 26.8 Å². The Kier molecular flexibility index (Phi) is 10.5. The molecule has 11 heteroatoms. The average molecular weight is 519 g/mol. The number of hydrogen-bond donors (Lipinski definition) is 3. The van der Waals surface area contributed by atoms with Crippen LogP contribution in [-0.4, -0.2) is 58.0 Å². The molecule has 1 aliphatic heterocycles. The van der Waals surface area contributed by atoms with E-state index in [0.717, 1.165) is 31.3 Å². The second-order valence-corrected chi connectivity index (χ2v) is 9.21. The molecule has 0 aliphatic carbocycles. The number of carboxylic acids is 1. The van der Waals surface area contributed by atoms with Crippen LogP contribution in [0.1, 0.15) is 51.9 Å². The molecular formula is C26H39FN6O4. The van der Waals surface area contributed by atoms with Crippen LogP contribution in [0.4, 0.5) is 10.1 Å². The molecule has 3 rings (SSSR count). The molecular weight excluding hydrogens is 479 g/mol. The number of carboxylic acid groups (broad SMARTS) is 1. The van der Waals surface area contributed by atoms with Crippen molar-refractivity contribution in [2.75, 3.05) is 31.6 Å². The maximum absolute atomic E-state index is 14.6. The first-order chi connectivity index (χ1) is 17.4. The molecule has 0 saturated carbocycles. The molecule has 0 aromatic carbocycles. The number of aliphatic carboxylic acids is 1. The van der Waals surface area contributed by atoms with Crippen molar-refractivity contribution in [1.29, 1.82) is 0 Å². The van der Waals surface area contributed by atoms with Crippen LogP contribution in [0.3, 0.4) is 0 Å². The van der Waals surface area contributed by atoms with Crippen molar-refractivity contribution in [2.24, 2.45) is 11.6 Å². The van der Waals surface area contributed by atoms with Gasteiger partial charge in [0.2, 0.25) is 0 Å². The number of halogens is 1. The van der Waals surface area contributed by atoms with Crippen molar-refractivity contribution < 1.29 is 19.0 Å². The van der Waals surface area contributed by atoms with Gasteiger partial charge in [-0.1, -0.05) is 6.92 Å². The van der Waals surface area contributed by atoms with E-state index in [9.17, 15) is 9.18 Å². The van der Waals surface area contributed by atoms with E-state index in [1.54, 1.807) is 26.2 Å². The Morgan fingerprint density at radius 1 is 1.30 bits per heavy atom. The zero-order chi connectivity index (χ0) is 27.8. The Balaban J connectivity index is 0.00000112. The summed E-state index contributed by atoms with van der Waals surface area (Å²) in [6.45, 7) is 8.44. The Morgan fingerprint density at radius 2 is 1.97 bits per heavy atom. The van der Waals surface area contributed by atoms with Crippen LogP contribution in [0.25, 0.3) is 5.70 Å². The van der Waals surface area contributed by atoms with Crippen molar-refractivity contribution >= 4 is 17.4 Å². The lowest BCUT2D eigenvalue weighted by Crippen LogP contribution is -2.44. The molecule has 0 spiro atoms. The molecule has 0 radical (unpaired) electrons. The summed E-state index contributed by atoms with van der Waals surface area (Å²) in [5.41, 5.74) is 8.37. The molecule has 5 N–H and O–H groups in total. The summed E-state index contributed by atoms with van der Waals surface area (Å²) in [6, 6.07) is 6.87. The van der Waals surface area contributed by atoms with Crippen LogP contribution in [0.15, 0.2) is 41.0 Å². The van der Waals surface area contributed by atoms with Crippen molar-refractivity contribution in [3.8, 4) is 5.75 Å². The lowest BCUT2D eigenvalue weighted by atomic mass is 9.96. The number of nitrogens with two attached hydrogens (primary N) is 2. The Labute approximate surface area is 217 Å². The van der Waals surface area contributed by atoms with Gasteiger partial charge in [0.1, 0.15) is 11.4 Å². The fraction of sp³-hybridized carbons (Fsp3) is 0.500. The van der Waals surface area contributed by atoms with Gasteiger partial charge < -0.3 is 30.1 Å². The Hall–Kier alpha value is -3.60. The van der Waals surface area contributed by atoms with E-state index in [-0.39, 0.29) is 12.1 Å². The topological polar surface area (TPSA) is 140 Å². The summed E-state index contributed by atoms with van der Waals surface area (Å²) >= 11 is 0. The lowest BCUT2D eigenvalue weighted by molar-refractivity contribution is -0.134. The van der Waals surface area contributed by atoms with Crippen molar-refractivity contribution in [2.45, 2.75) is 59.2 Å². The first kappa shape index (κ1) is 29.6. The van der Waals surface area contributed by atoms with Crippen molar-refractivity contribution in [1.82, 2.24) is 14.6 Å². The first-order valence-electron chi connectivity index (χ1n) is 12.3. The summed E-state index contributed by atoms with van der Waals surface area (Å²) in [7, 11) is 1.67. The molecule has 10 nitrogen and oxygen atoms in total. The van der Waals surface area contributed by atoms with E-state index in [1.165, 1.54) is 15.6 Å². The van der Waals surface area contributed by atoms with Gasteiger partial charge in [-0.2, -0.15) is 0 Å². The minimum Gasteiger partial charge on any atom is -0.492 e. The second kappa shape index (κ2) is 13.1. The predicted octanol–water partition coefficient (Wildman–Crippen LogP) is 2.76. The Morgan fingerprint density at radius 3 is 2.54 bits per heavy atom. The van der Waals surface area contributed by atoms with E-state index in [2.05, 4.69) is 4.90 Å². The number of allylic oxidation sites excluding steroid dienone is 1. The molecule has 0 amide bonds. The molecule has 1 fully saturated rings. The van der Waals surface area contributed by atoms with Gasteiger partial charge in [0.05, 0.1) is 48.2 Å². The van der Waals surface area contributed by atoms with Gasteiger partial charge in [0.25, 0.3) is 11.5 Å². The molecule has 1 unspecified atom stereocenters. The normalized spacial score (nSPS) is 17.9. The van der Waals surface area contributed by atoms with Crippen LogP contribution in [0, 0.1) is 0 Å². The monoisotopic (exact) mass is 518 g/mol. The minimum absolute atomic E-state index is 0.163. The quantitative estimate of drug-likeness (QED) is 0.355. The van der Waals surface area contributed by atoms with Gasteiger partial charge in [0.15, 0.2) is 0 Å². The van der Waals surface area contributed by atoms with Crippen LogP contribution in [-0.2, 0) is 17.8 Å². The van der Waals surface area contributed by atoms with Gasteiger partial charge in [-0.25, -0.2) is 15.2 Å². The number of aryl methyl sites for hydroxylation is 1. The summed E-state index contributed by atoms with van der Waals surface area (Å²) in [4.78, 5) is 28.2. The molecule has 1 aliphatic rings. The molecule has 1 atom stereocenters. The zero-order valence-electron chi connectivity index (χ0n) is 22.3. The lowest BCUT2D eigenvalue weighted by Gasteiger charge is -2.37. The average Bonchev–Trinajstić information content (AvgIpc) is 2.82. The highest BCUT2D eigenvalue weighted by Gasteiger charge is 2.31. The number of hydrazine groups is 1. The zero-order valence-corrected chi connectivity index (χ0v) is 22.3. The number of ether oxygens (including phenoxy) is 1. The van der Waals surface area contributed by atoms with E-state index < -0.39 is 11.6 Å². The third kappa shape index (κ3) is 8.49. The highest BCUT2D eigenvalue weighted by atomic mass is 19.1. The molecule has 2 aromatic rings. The van der Waals surface area contributed by atoms with Gasteiger partial charge >= 0.3 is 0 Å². The number of piperidine rings is 1. The van der Waals surface area contributed by atoms with Crippen LogP contribution in [0.2, 0.25) is 0 Å². The van der Waals surface area contributed by atoms with E-state index >= 15 is 0 Å². The Bertz CT molecular complexity index is 1160. The fourth-order valence-electron chi connectivity index (χ4n) is 4.17. The number of likely N-dealkylation sites (N-methyl/N-ethyl adjacent to an activating group) is 1. The van der Waals surface area contributed by atoms with Gasteiger partial charge in [-0.15, -0.1) is 0 Å². The van der Waals surface area contributed by atoms with Crippen LogP contribution >= 0.6 is 0 Å². The highest BCUT2D eigenvalue weighted by Crippen LogP contribution is 2.31. The smallest absolute Gasteiger partial charge is 0.300 e. The second-order valence-electron chi connectivity index (χ2n) is 9.21. The molecule has 0 bridgehead atoms. The molecule has 3 heterocycles. The maximum Gasteiger partial charge on any atom is 0.300 e. The summed E-state index contributed by atoms with van der Waals surface area (Å²) < 4.78 is 21.6. The van der Waals surface area contributed by atoms with E-state index in [4.69, 9.17) is 31.2 Å². The SMILES string of the molecule is CC(=O)O.CCOc1ccc(=O)n(C/C(=C(/N)c2ccc(N3CCCC(C)(F)C3)c(CC)n2)N(C)N)c1. The van der Waals surface area contributed by atoms with E-state index in [0.29, 0.717) is 48.8 Å². The van der Waals surface area contributed by atoms with Gasteiger partial charge in [-0.05, 0) is 51.3 Å². The minimum atomic E-state index is -1.21. The number of anilines is 1. The van der Waals surface area contributed by atoms with E-state index in [1.807, 2.05) is 26.0 Å². The third-order valence-electron chi connectivity index (χ3n) is 5.87. The predicted molar refractivity (Wildman–Crippen MR) is 143 cm³/mol. The summed E-state index contributed by atoms with van der Waals surface area (Å²) in [5, 5.41) is 8.81. The number of nitrogens with zero attached hydrogens (tertiary/aromatic N) is 4. The number of aromatic nitrogens is 2. The van der Waals surface area contributed by atoms with Gasteiger partial charge in [-0.3, -0.25) is 9.59 Å². The largest absolute Gasteiger partial charge is 0.492 e. The van der Waals surface area contributed by atoms with Crippen molar-refractivity contribution in [3.63, 3.8) is 0 Å². The standard InChI is InChI=1S/C24H35FN6O2.C2H4O2/c1-5-18-20(30-13-7-12-24(3,25)16-30)10-9-19(28-18)23(26)21(29(4)27)15-31-14-17(33-6-2)8-11-22(31)32;1-2(3)4/h8-11,14H,5-7,12-13,15-16,26-27H2,1-4H3;1H3,(H,3,4)/b23-21-;. The maximum atomic E-state index is 14.6. The van der Waals surface area contributed by atoms with Gasteiger partial charge in [0, 0.05) is 32.8 Å². The summed E-state index contributed by atoms with van der Waals surface area (Å²) in [5.74, 6) is 5.84. The number of pyridine rings is 2. The molecule has 2 aromatic heterocycles. The molecule has 204 valence electrons. The number of hydrogen-bond acceptors (Lipinski definition) is 8. The van der Waals surface area contributed by atoms with Crippen LogP contribution in [0.5, 0.6) is 5.75 Å². The molecule has 37 heavy (non-hydrogen) atoms. The first-order valence-corrected chi connectivity index (χ1v) is 12.3.